The van der Waals surface area contributed by atoms with E-state index in [-0.39, 0.29) is 12.3 Å². The Labute approximate surface area is 177 Å². The number of nitrogens with zero attached hydrogens (tertiary/aromatic N) is 2. The molecule has 0 spiro atoms. The Bertz CT molecular complexity index is 655. The molecule has 1 unspecified atom stereocenters. The number of urea groups is 1. The van der Waals surface area contributed by atoms with E-state index in [4.69, 9.17) is 8.85 Å². The van der Waals surface area contributed by atoms with Crippen LogP contribution in [-0.4, -0.2) is 58.4 Å². The summed E-state index contributed by atoms with van der Waals surface area (Å²) in [6, 6.07) is -0.602. The monoisotopic (exact) mass is 442 g/mol. The number of carbonyl (C=O) groups is 3. The van der Waals surface area contributed by atoms with E-state index < -0.39 is 39.9 Å². The average Bonchev–Trinajstić information content (AvgIpc) is 2.58. The fourth-order valence-electron chi connectivity index (χ4n) is 3.53. The lowest BCUT2D eigenvalue weighted by molar-refractivity contribution is -0.161. The number of allylic oxidation sites excluding steroid dienone is 1. The van der Waals surface area contributed by atoms with Gasteiger partial charge in [-0.25, -0.2) is 4.79 Å². The zero-order valence-corrected chi connectivity index (χ0v) is 21.7. The maximum absolute atomic E-state index is 13.4. The van der Waals surface area contributed by atoms with Gasteiger partial charge in [0.1, 0.15) is 17.4 Å². The smallest absolute Gasteiger partial charge is 0.332 e. The molecule has 1 rings (SSSR count). The van der Waals surface area contributed by atoms with E-state index in [1.807, 2.05) is 33.5 Å². The van der Waals surface area contributed by atoms with Crippen LogP contribution in [0.1, 0.15) is 33.1 Å². The molecule has 0 aromatic rings. The van der Waals surface area contributed by atoms with Gasteiger partial charge in [-0.05, 0) is 51.6 Å². The summed E-state index contributed by atoms with van der Waals surface area (Å²) in [5, 5.41) is 0. The van der Waals surface area contributed by atoms with Gasteiger partial charge in [-0.15, -0.1) is 0 Å². The first kappa shape index (κ1) is 25.4. The van der Waals surface area contributed by atoms with Crippen molar-refractivity contribution in [1.82, 2.24) is 9.80 Å². The zero-order valence-electron chi connectivity index (χ0n) is 19.7. The summed E-state index contributed by atoms with van der Waals surface area (Å²) >= 11 is 0. The predicted molar refractivity (Wildman–Crippen MR) is 119 cm³/mol. The van der Waals surface area contributed by atoms with E-state index in [2.05, 4.69) is 19.6 Å². The first-order valence-electron chi connectivity index (χ1n) is 10.2. The largest absolute Gasteiger partial charge is 0.547 e. The van der Waals surface area contributed by atoms with E-state index in [1.54, 1.807) is 6.26 Å². The van der Waals surface area contributed by atoms with Crippen LogP contribution in [-0.2, 0) is 18.4 Å². The minimum atomic E-state index is -2.03. The summed E-state index contributed by atoms with van der Waals surface area (Å²) in [5.41, 5.74) is -1.39. The van der Waals surface area contributed by atoms with Crippen molar-refractivity contribution in [3.63, 3.8) is 0 Å². The van der Waals surface area contributed by atoms with Crippen LogP contribution in [0.25, 0.3) is 0 Å². The average molecular weight is 443 g/mol. The Kier molecular flexibility index (Phi) is 7.92. The summed E-state index contributed by atoms with van der Waals surface area (Å²) < 4.78 is 12.2. The second-order valence-electron chi connectivity index (χ2n) is 9.88. The van der Waals surface area contributed by atoms with E-state index in [0.29, 0.717) is 12.2 Å². The number of carbonyl (C=O) groups excluding carboxylic acids is 3. The van der Waals surface area contributed by atoms with Gasteiger partial charge in [0.25, 0.3) is 0 Å². The maximum atomic E-state index is 13.4. The molecule has 0 aromatic heterocycles. The van der Waals surface area contributed by atoms with Gasteiger partial charge in [0.2, 0.25) is 28.4 Å². The summed E-state index contributed by atoms with van der Waals surface area (Å²) in [6.45, 7) is 16.2. The molecule has 0 bridgehead atoms. The molecule has 0 N–H and O–H groups in total. The molecular formula is C20H38N2O5Si2. The van der Waals surface area contributed by atoms with Gasteiger partial charge in [-0.2, -0.15) is 0 Å². The van der Waals surface area contributed by atoms with Crippen molar-refractivity contribution in [1.29, 1.82) is 0 Å². The number of imide groups is 2. The number of hydrogen-bond acceptors (Lipinski definition) is 5. The molecule has 4 amide bonds. The second-order valence-corrected chi connectivity index (χ2v) is 18.8. The van der Waals surface area contributed by atoms with Gasteiger partial charge in [-0.3, -0.25) is 19.4 Å². The first-order chi connectivity index (χ1) is 13.1. The quantitative estimate of drug-likeness (QED) is 0.301. The highest BCUT2D eigenvalue weighted by atomic mass is 28.4. The van der Waals surface area contributed by atoms with E-state index >= 15 is 0 Å². The molecule has 7 nitrogen and oxygen atoms in total. The van der Waals surface area contributed by atoms with E-state index in [9.17, 15) is 14.4 Å². The van der Waals surface area contributed by atoms with Crippen molar-refractivity contribution >= 4 is 34.5 Å². The summed E-state index contributed by atoms with van der Waals surface area (Å²) in [5.74, 6) is -0.687. The molecule has 1 aliphatic heterocycles. The van der Waals surface area contributed by atoms with Gasteiger partial charge >= 0.3 is 6.03 Å². The first-order valence-corrected chi connectivity index (χ1v) is 17.0. The molecule has 0 aliphatic carbocycles. The fourth-order valence-corrected chi connectivity index (χ4v) is 4.92. The number of rotatable bonds is 9. The molecule has 166 valence electrons. The highest BCUT2D eigenvalue weighted by molar-refractivity contribution is 6.70. The van der Waals surface area contributed by atoms with Gasteiger partial charge in [0.05, 0.1) is 0 Å². The van der Waals surface area contributed by atoms with Gasteiger partial charge < -0.3 is 8.85 Å². The lowest BCUT2D eigenvalue weighted by atomic mass is 9.68. The molecule has 9 heteroatoms. The maximum Gasteiger partial charge on any atom is 0.332 e. The predicted octanol–water partition coefficient (Wildman–Crippen LogP) is 4.39. The molecule has 1 aliphatic rings. The Morgan fingerprint density at radius 2 is 1.48 bits per heavy atom. The lowest BCUT2D eigenvalue weighted by Gasteiger charge is -2.45. The molecular weight excluding hydrogens is 404 g/mol. The molecule has 0 radical (unpaired) electrons. The van der Waals surface area contributed by atoms with Gasteiger partial charge in [0.15, 0.2) is 0 Å². The SMILES string of the molecule is CCCC(C)C1(C/C(=C\O[Si](C)(C)C)O[Si](C)(C)C)C(=O)N(C)C(=O)N(C)C1=O. The van der Waals surface area contributed by atoms with Crippen molar-refractivity contribution in [3.05, 3.63) is 12.0 Å². The standard InChI is InChI=1S/C20H38N2O5Si2/c1-11-12-15(2)20(17(23)21(3)19(25)22(4)18(20)24)13-16(27-29(8,9)10)14-26-28(5,6)7/h14-15H,11-13H2,1-10H3/b16-14+. The normalized spacial score (nSPS) is 19.5. The number of amides is 4. The van der Waals surface area contributed by atoms with Crippen molar-refractivity contribution in [2.75, 3.05) is 14.1 Å². The minimum absolute atomic E-state index is 0.0859. The van der Waals surface area contributed by atoms with Gasteiger partial charge in [0, 0.05) is 20.5 Å². The van der Waals surface area contributed by atoms with Crippen molar-refractivity contribution in [3.8, 4) is 0 Å². The summed E-state index contributed by atoms with van der Waals surface area (Å²) in [6.07, 6.45) is 3.19. The van der Waals surface area contributed by atoms with E-state index in [0.717, 1.165) is 16.2 Å². The molecule has 29 heavy (non-hydrogen) atoms. The molecule has 0 saturated carbocycles. The minimum Gasteiger partial charge on any atom is -0.547 e. The lowest BCUT2D eigenvalue weighted by Crippen LogP contribution is -2.65. The highest BCUT2D eigenvalue weighted by Crippen LogP contribution is 2.44. The van der Waals surface area contributed by atoms with Crippen LogP contribution in [0.3, 0.4) is 0 Å². The summed E-state index contributed by atoms with van der Waals surface area (Å²) in [7, 11) is -1.05. The Morgan fingerprint density at radius 1 is 1.00 bits per heavy atom. The van der Waals surface area contributed by atoms with Crippen molar-refractivity contribution in [2.24, 2.45) is 11.3 Å². The summed E-state index contributed by atoms with van der Waals surface area (Å²) in [4.78, 5) is 41.2. The number of hydrogen-bond donors (Lipinski definition) is 0. The van der Waals surface area contributed by atoms with Crippen LogP contribution in [0, 0.1) is 11.3 Å². The second kappa shape index (κ2) is 9.03. The highest BCUT2D eigenvalue weighted by Gasteiger charge is 2.58. The van der Waals surface area contributed by atoms with Gasteiger partial charge in [-0.1, -0.05) is 20.3 Å². The Morgan fingerprint density at radius 3 is 1.86 bits per heavy atom. The molecule has 1 atom stereocenters. The molecule has 1 saturated heterocycles. The van der Waals surface area contributed by atoms with Crippen LogP contribution in [0.15, 0.2) is 12.0 Å². The fraction of sp³-hybridized carbons (Fsp3) is 0.750. The molecule has 0 aromatic carbocycles. The van der Waals surface area contributed by atoms with Crippen molar-refractivity contribution in [2.45, 2.75) is 72.4 Å². The van der Waals surface area contributed by atoms with Crippen LogP contribution in [0.5, 0.6) is 0 Å². The number of barbiturate groups is 1. The third-order valence-corrected chi connectivity index (χ3v) is 6.64. The Balaban J connectivity index is 3.53. The van der Waals surface area contributed by atoms with E-state index in [1.165, 1.54) is 14.1 Å². The van der Waals surface area contributed by atoms with Crippen LogP contribution >= 0.6 is 0 Å². The topological polar surface area (TPSA) is 76.2 Å². The molecule has 1 heterocycles. The van der Waals surface area contributed by atoms with Crippen LogP contribution in [0.2, 0.25) is 39.3 Å². The third kappa shape index (κ3) is 5.94. The van der Waals surface area contributed by atoms with Crippen LogP contribution < -0.4 is 0 Å². The molecule has 1 fully saturated rings. The Hall–Kier alpha value is -1.62. The van der Waals surface area contributed by atoms with Crippen molar-refractivity contribution < 1.29 is 23.2 Å². The third-order valence-electron chi connectivity index (χ3n) is 4.94. The zero-order chi connectivity index (χ0) is 22.8. The van der Waals surface area contributed by atoms with Crippen LogP contribution in [0.4, 0.5) is 4.79 Å².